The van der Waals surface area contributed by atoms with Crippen molar-refractivity contribution >= 4 is 92.8 Å². The molecule has 4 aromatic heterocycles. The van der Waals surface area contributed by atoms with Crippen LogP contribution in [-0.2, 0) is 0 Å². The Labute approximate surface area is 290 Å². The summed E-state index contributed by atoms with van der Waals surface area (Å²) in [7, 11) is -4.77. The van der Waals surface area contributed by atoms with Gasteiger partial charge in [0.15, 0.2) is 0 Å². The molecule has 6 aromatic rings. The lowest BCUT2D eigenvalue weighted by Gasteiger charge is -2.42. The van der Waals surface area contributed by atoms with Gasteiger partial charge in [-0.15, -0.1) is 22.7 Å². The maximum atomic E-state index is 2.78. The zero-order chi connectivity index (χ0) is 33.3. The van der Waals surface area contributed by atoms with Gasteiger partial charge in [0, 0.05) is 20.5 Å². The highest BCUT2D eigenvalue weighted by Crippen LogP contribution is 2.69. The maximum absolute atomic E-state index is 2.78. The third kappa shape index (κ3) is 4.91. The van der Waals surface area contributed by atoms with Crippen molar-refractivity contribution in [3.8, 4) is 10.6 Å². The molecule has 6 rings (SSSR count). The molecule has 2 aromatic carbocycles. The van der Waals surface area contributed by atoms with E-state index in [9.17, 15) is 0 Å². The second-order valence-electron chi connectivity index (χ2n) is 15.5. The minimum atomic E-state index is -1.79. The Morgan fingerprint density at radius 1 is 0.435 bits per heavy atom. The van der Waals surface area contributed by atoms with Gasteiger partial charge in [-0.25, -0.2) is 0 Å². The summed E-state index contributed by atoms with van der Waals surface area (Å²) < 4.78 is 6.83. The first-order chi connectivity index (χ1) is 21.8. The molecule has 0 saturated carbocycles. The Morgan fingerprint density at radius 3 is 0.978 bits per heavy atom. The van der Waals surface area contributed by atoms with Crippen molar-refractivity contribution in [3.05, 3.63) is 72.8 Å². The van der Waals surface area contributed by atoms with E-state index in [0.717, 1.165) is 0 Å². The van der Waals surface area contributed by atoms with Gasteiger partial charge in [0.25, 0.3) is 0 Å². The van der Waals surface area contributed by atoms with E-state index in [-0.39, 0.29) is 0 Å². The Morgan fingerprint density at radius 2 is 0.717 bits per heavy atom. The first-order valence-corrected chi connectivity index (χ1v) is 26.3. The predicted molar refractivity (Wildman–Crippen MR) is 224 cm³/mol. The molecule has 0 aliphatic heterocycles. The van der Waals surface area contributed by atoms with Crippen molar-refractivity contribution < 1.29 is 0 Å². The molecule has 0 amide bonds. The third-order valence-corrected chi connectivity index (χ3v) is 35.6. The molecule has 244 valence electrons. The molecule has 0 N–H and O–H groups in total. The molecular formula is C40H54P2S2Si2. The highest BCUT2D eigenvalue weighted by Gasteiger charge is 2.48. The number of benzene rings is 2. The standard InChI is InChI=1S/C40H54P2S2Si2/c1-25(2)45(26(3)4,27(5)6)35-23-33-39(43-35)37-38(41(33)31-19-15-13-16-20-31)40-34(42(37)32-21-17-14-18-22-32)24-36(44-40)46(28(7)8,29(9)10)30(11)12/h13-30H,1-12H3. The van der Waals surface area contributed by atoms with Crippen LogP contribution in [0.3, 0.4) is 0 Å². The van der Waals surface area contributed by atoms with Crippen LogP contribution in [0.4, 0.5) is 0 Å². The monoisotopic (exact) mass is 716 g/mol. The van der Waals surface area contributed by atoms with Gasteiger partial charge in [-0.05, 0) is 65.0 Å². The minimum absolute atomic E-state index is 0.598. The molecule has 4 heterocycles. The van der Waals surface area contributed by atoms with Crippen molar-refractivity contribution in [2.75, 3.05) is 0 Å². The van der Waals surface area contributed by atoms with Crippen LogP contribution < -0.4 is 9.00 Å². The van der Waals surface area contributed by atoms with Crippen LogP contribution in [-0.4, -0.2) is 16.1 Å². The Hall–Kier alpha value is -1.39. The molecule has 2 atom stereocenters. The molecule has 0 radical (unpaired) electrons. The molecule has 0 aliphatic carbocycles. The maximum Gasteiger partial charge on any atom is 0.107 e. The van der Waals surface area contributed by atoms with Crippen molar-refractivity contribution in [1.82, 2.24) is 0 Å². The summed E-state index contributed by atoms with van der Waals surface area (Å²) in [6.07, 6.45) is 0. The first kappa shape index (κ1) is 34.5. The average molecular weight is 717 g/mol. The second kappa shape index (κ2) is 12.8. The van der Waals surface area contributed by atoms with E-state index in [1.165, 1.54) is 10.6 Å². The van der Waals surface area contributed by atoms with Crippen molar-refractivity contribution in [3.63, 3.8) is 0 Å². The van der Waals surface area contributed by atoms with Crippen LogP contribution in [0.15, 0.2) is 72.8 Å². The molecule has 2 unspecified atom stereocenters. The van der Waals surface area contributed by atoms with Crippen LogP contribution in [0.5, 0.6) is 0 Å². The number of hydrogen-bond acceptors (Lipinski definition) is 2. The minimum Gasteiger partial charge on any atom is -0.144 e. The lowest BCUT2D eigenvalue weighted by Crippen LogP contribution is -2.54. The van der Waals surface area contributed by atoms with Gasteiger partial charge in [0.1, 0.15) is 16.1 Å². The number of fused-ring (bicyclic) bond motifs is 5. The zero-order valence-corrected chi connectivity index (χ0v) is 35.5. The summed E-state index contributed by atoms with van der Waals surface area (Å²) in [5.41, 5.74) is 4.29. The smallest absolute Gasteiger partial charge is 0.107 e. The largest absolute Gasteiger partial charge is 0.144 e. The third-order valence-electron chi connectivity index (χ3n) is 11.6. The normalized spacial score (nSPS) is 14.3. The van der Waals surface area contributed by atoms with E-state index in [4.69, 9.17) is 0 Å². The van der Waals surface area contributed by atoms with Gasteiger partial charge in [0.05, 0.1) is 9.40 Å². The first-order valence-electron chi connectivity index (χ1n) is 17.5. The molecule has 0 bridgehead atoms. The average Bonchev–Trinajstić information content (AvgIpc) is 3.72. The fourth-order valence-electron chi connectivity index (χ4n) is 10.1. The summed E-state index contributed by atoms with van der Waals surface area (Å²) in [5.74, 6) is 0. The van der Waals surface area contributed by atoms with Crippen LogP contribution >= 0.6 is 37.7 Å². The summed E-state index contributed by atoms with van der Waals surface area (Å²) in [5, 5.41) is 9.86. The molecule has 0 fully saturated rings. The molecule has 0 aliphatic rings. The van der Waals surface area contributed by atoms with Crippen molar-refractivity contribution in [2.24, 2.45) is 0 Å². The topological polar surface area (TPSA) is 0 Å². The van der Waals surface area contributed by atoms with E-state index < -0.39 is 31.2 Å². The molecule has 0 saturated heterocycles. The Bertz CT molecular complexity index is 1780. The quantitative estimate of drug-likeness (QED) is 0.124. The highest BCUT2D eigenvalue weighted by molar-refractivity contribution is 7.77. The van der Waals surface area contributed by atoms with Gasteiger partial charge in [-0.3, -0.25) is 0 Å². The molecular weight excluding hydrogens is 663 g/mol. The number of thiophene rings is 2. The van der Waals surface area contributed by atoms with Gasteiger partial charge in [-0.1, -0.05) is 159 Å². The second-order valence-corrected chi connectivity index (χ2v) is 34.3. The zero-order valence-electron chi connectivity index (χ0n) is 30.1. The van der Waals surface area contributed by atoms with Crippen LogP contribution in [0.2, 0.25) is 33.2 Å². The Kier molecular flexibility index (Phi) is 9.60. The predicted octanol–water partition coefficient (Wildman–Crippen LogP) is 15.0. The van der Waals surface area contributed by atoms with Gasteiger partial charge in [-0.2, -0.15) is 0 Å². The number of rotatable bonds is 10. The van der Waals surface area contributed by atoms with Crippen molar-refractivity contribution in [2.45, 2.75) is 116 Å². The highest BCUT2D eigenvalue weighted by atomic mass is 32.1. The van der Waals surface area contributed by atoms with E-state index in [1.54, 1.807) is 38.9 Å². The van der Waals surface area contributed by atoms with Crippen LogP contribution in [0.1, 0.15) is 83.1 Å². The van der Waals surface area contributed by atoms with Gasteiger partial charge in [0.2, 0.25) is 0 Å². The summed E-state index contributed by atoms with van der Waals surface area (Å²) in [6.45, 7) is 30.4. The van der Waals surface area contributed by atoms with Crippen LogP contribution in [0, 0.1) is 0 Å². The fourth-order valence-corrected chi connectivity index (χ4v) is 38.0. The SMILES string of the molecule is CC(C)[Si](c1cc2c(s1)c1c(c3sc([Si](C(C)C)(C(C)C)C(C)C)cc3p1-c1ccccc1)p2-c1ccccc1)(C(C)C)C(C)C. The summed E-state index contributed by atoms with van der Waals surface area (Å²) >= 11 is 4.47. The van der Waals surface area contributed by atoms with E-state index in [1.807, 2.05) is 0 Å². The van der Waals surface area contributed by atoms with E-state index in [2.05, 4.69) is 179 Å². The number of hydrogen-bond donors (Lipinski definition) is 0. The summed E-state index contributed by atoms with van der Waals surface area (Å²) in [4.78, 5) is 0. The Balaban J connectivity index is 1.83. The lowest BCUT2D eigenvalue weighted by molar-refractivity contribution is 0.837. The lowest BCUT2D eigenvalue weighted by atomic mass is 10.4. The molecule has 46 heavy (non-hydrogen) atoms. The fraction of sp³-hybridized carbons (Fsp3) is 0.450. The van der Waals surface area contributed by atoms with Gasteiger partial charge < -0.3 is 0 Å². The summed E-state index contributed by atoms with van der Waals surface area (Å²) in [6, 6.07) is 28.8. The molecule has 0 spiro atoms. The van der Waals surface area contributed by atoms with Gasteiger partial charge >= 0.3 is 0 Å². The molecule has 6 heteroatoms. The van der Waals surface area contributed by atoms with Crippen molar-refractivity contribution in [1.29, 1.82) is 0 Å². The van der Waals surface area contributed by atoms with E-state index >= 15 is 0 Å². The van der Waals surface area contributed by atoms with E-state index in [0.29, 0.717) is 33.2 Å². The molecule has 0 nitrogen and oxygen atoms in total. The van der Waals surface area contributed by atoms with Crippen LogP contribution in [0.25, 0.3) is 40.5 Å².